The van der Waals surface area contributed by atoms with Crippen molar-refractivity contribution in [2.75, 3.05) is 11.9 Å². The molecule has 0 bridgehead atoms. The average molecular weight is 323 g/mol. The van der Waals surface area contributed by atoms with E-state index < -0.39 is 5.41 Å². The van der Waals surface area contributed by atoms with Gasteiger partial charge in [-0.2, -0.15) is 0 Å². The zero-order chi connectivity index (χ0) is 15.7. The average Bonchev–Trinajstić information content (AvgIpc) is 3.35. The first-order chi connectivity index (χ1) is 10.5. The van der Waals surface area contributed by atoms with E-state index in [1.165, 1.54) is 0 Å². The van der Waals surface area contributed by atoms with Crippen LogP contribution >= 0.6 is 11.6 Å². The third kappa shape index (κ3) is 3.04. The molecule has 2 amide bonds. The number of halogens is 1. The SMILES string of the molecule is CCOc1ccc(NC(=O)C2(C(=O)NC3CC3)CC2)c(Cl)c1. The maximum Gasteiger partial charge on any atom is 0.240 e. The molecule has 0 aromatic heterocycles. The van der Waals surface area contributed by atoms with Gasteiger partial charge in [0.2, 0.25) is 11.8 Å². The molecule has 2 N–H and O–H groups in total. The first-order valence-electron chi connectivity index (χ1n) is 7.60. The highest BCUT2D eigenvalue weighted by molar-refractivity contribution is 6.34. The first-order valence-corrected chi connectivity index (χ1v) is 7.98. The van der Waals surface area contributed by atoms with Gasteiger partial charge in [-0.25, -0.2) is 0 Å². The molecule has 1 aromatic carbocycles. The summed E-state index contributed by atoms with van der Waals surface area (Å²) in [7, 11) is 0. The van der Waals surface area contributed by atoms with Gasteiger partial charge in [-0.3, -0.25) is 9.59 Å². The van der Waals surface area contributed by atoms with Gasteiger partial charge in [0, 0.05) is 12.1 Å². The number of hydrogen-bond donors (Lipinski definition) is 2. The van der Waals surface area contributed by atoms with Crippen LogP contribution in [0.25, 0.3) is 0 Å². The number of benzene rings is 1. The van der Waals surface area contributed by atoms with E-state index in [-0.39, 0.29) is 17.9 Å². The molecule has 0 spiro atoms. The van der Waals surface area contributed by atoms with Gasteiger partial charge in [0.25, 0.3) is 0 Å². The van der Waals surface area contributed by atoms with E-state index in [1.54, 1.807) is 18.2 Å². The van der Waals surface area contributed by atoms with Gasteiger partial charge in [0.05, 0.1) is 17.3 Å². The highest BCUT2D eigenvalue weighted by Crippen LogP contribution is 2.47. The molecule has 0 radical (unpaired) electrons. The van der Waals surface area contributed by atoms with E-state index in [4.69, 9.17) is 16.3 Å². The van der Waals surface area contributed by atoms with E-state index in [0.717, 1.165) is 12.8 Å². The van der Waals surface area contributed by atoms with Gasteiger partial charge in [0.1, 0.15) is 11.2 Å². The summed E-state index contributed by atoms with van der Waals surface area (Å²) >= 11 is 6.16. The molecular formula is C16H19ClN2O3. The molecule has 2 aliphatic carbocycles. The van der Waals surface area contributed by atoms with Gasteiger partial charge in [0.15, 0.2) is 0 Å². The molecule has 3 rings (SSSR count). The summed E-state index contributed by atoms with van der Waals surface area (Å²) in [5.41, 5.74) is -0.412. The van der Waals surface area contributed by atoms with E-state index in [2.05, 4.69) is 10.6 Å². The van der Waals surface area contributed by atoms with Crippen LogP contribution in [-0.4, -0.2) is 24.5 Å². The highest BCUT2D eigenvalue weighted by Gasteiger charge is 2.57. The van der Waals surface area contributed by atoms with Crippen LogP contribution in [0, 0.1) is 5.41 Å². The number of rotatable bonds is 6. The number of ether oxygens (including phenoxy) is 1. The van der Waals surface area contributed by atoms with Gasteiger partial charge >= 0.3 is 0 Å². The molecule has 6 heteroatoms. The maximum atomic E-state index is 12.4. The summed E-state index contributed by atoms with van der Waals surface area (Å²) < 4.78 is 5.35. The summed E-state index contributed by atoms with van der Waals surface area (Å²) in [6.07, 6.45) is 3.19. The number of hydrogen-bond acceptors (Lipinski definition) is 3. The van der Waals surface area contributed by atoms with Crippen molar-refractivity contribution in [3.8, 4) is 5.75 Å². The van der Waals surface area contributed by atoms with E-state index in [0.29, 0.717) is 35.9 Å². The summed E-state index contributed by atoms with van der Waals surface area (Å²) in [4.78, 5) is 24.6. The van der Waals surface area contributed by atoms with Crippen LogP contribution in [0.3, 0.4) is 0 Å². The number of amides is 2. The Morgan fingerprint density at radius 2 is 2.05 bits per heavy atom. The first kappa shape index (κ1) is 15.2. The maximum absolute atomic E-state index is 12.4. The van der Waals surface area contributed by atoms with Crippen molar-refractivity contribution in [3.05, 3.63) is 23.2 Å². The van der Waals surface area contributed by atoms with Crippen LogP contribution in [0.1, 0.15) is 32.6 Å². The molecule has 2 fully saturated rings. The van der Waals surface area contributed by atoms with Crippen molar-refractivity contribution in [1.29, 1.82) is 0 Å². The topological polar surface area (TPSA) is 67.4 Å². The lowest BCUT2D eigenvalue weighted by Gasteiger charge is -2.16. The molecule has 2 saturated carbocycles. The van der Waals surface area contributed by atoms with Gasteiger partial charge in [-0.05, 0) is 44.7 Å². The largest absolute Gasteiger partial charge is 0.494 e. The van der Waals surface area contributed by atoms with Crippen LogP contribution in [0.4, 0.5) is 5.69 Å². The molecule has 1 aromatic rings. The molecule has 0 aliphatic heterocycles. The Morgan fingerprint density at radius 1 is 1.32 bits per heavy atom. The quantitative estimate of drug-likeness (QED) is 0.791. The fourth-order valence-corrected chi connectivity index (χ4v) is 2.55. The van der Waals surface area contributed by atoms with Crippen molar-refractivity contribution >= 4 is 29.1 Å². The van der Waals surface area contributed by atoms with Gasteiger partial charge in [-0.1, -0.05) is 11.6 Å². The molecule has 0 atom stereocenters. The van der Waals surface area contributed by atoms with Crippen molar-refractivity contribution in [1.82, 2.24) is 5.32 Å². The zero-order valence-electron chi connectivity index (χ0n) is 12.4. The Labute approximate surface area is 134 Å². The predicted molar refractivity (Wildman–Crippen MR) is 84.1 cm³/mol. The Balaban J connectivity index is 1.67. The second-order valence-corrected chi connectivity index (χ2v) is 6.27. The van der Waals surface area contributed by atoms with Crippen LogP contribution < -0.4 is 15.4 Å². The molecule has 22 heavy (non-hydrogen) atoms. The Bertz CT molecular complexity index is 609. The Hall–Kier alpha value is -1.75. The van der Waals surface area contributed by atoms with Crippen LogP contribution in [-0.2, 0) is 9.59 Å². The van der Waals surface area contributed by atoms with Crippen molar-refractivity contribution < 1.29 is 14.3 Å². The smallest absolute Gasteiger partial charge is 0.240 e. The number of carbonyl (C=O) groups excluding carboxylic acids is 2. The van der Waals surface area contributed by atoms with Crippen LogP contribution in [0.5, 0.6) is 5.75 Å². The van der Waals surface area contributed by atoms with E-state index in [1.807, 2.05) is 6.92 Å². The minimum Gasteiger partial charge on any atom is -0.494 e. The Kier molecular flexibility index (Phi) is 4.00. The summed E-state index contributed by atoms with van der Waals surface area (Å²) in [6, 6.07) is 5.35. The molecule has 118 valence electrons. The highest BCUT2D eigenvalue weighted by atomic mass is 35.5. The second kappa shape index (κ2) is 5.80. The van der Waals surface area contributed by atoms with Gasteiger partial charge < -0.3 is 15.4 Å². The van der Waals surface area contributed by atoms with Crippen LogP contribution in [0.15, 0.2) is 18.2 Å². The molecule has 0 unspecified atom stereocenters. The molecule has 2 aliphatic rings. The summed E-state index contributed by atoms with van der Waals surface area (Å²) in [6.45, 7) is 2.44. The fraction of sp³-hybridized carbons (Fsp3) is 0.500. The second-order valence-electron chi connectivity index (χ2n) is 5.86. The fourth-order valence-electron chi connectivity index (χ4n) is 2.33. The molecule has 0 heterocycles. The normalized spacial score (nSPS) is 18.5. The molecule has 5 nitrogen and oxygen atoms in total. The number of carbonyl (C=O) groups is 2. The lowest BCUT2D eigenvalue weighted by Crippen LogP contribution is -2.40. The molecular weight excluding hydrogens is 304 g/mol. The minimum atomic E-state index is -0.912. The van der Waals surface area contributed by atoms with E-state index in [9.17, 15) is 9.59 Å². The summed E-state index contributed by atoms with van der Waals surface area (Å²) in [5.74, 6) is 0.212. The standard InChI is InChI=1S/C16H19ClN2O3/c1-2-22-11-5-6-13(12(17)9-11)19-15(21)16(7-8-16)14(20)18-10-3-4-10/h5-6,9-10H,2-4,7-8H2,1H3,(H,18,20)(H,19,21). The lowest BCUT2D eigenvalue weighted by molar-refractivity contribution is -0.134. The predicted octanol–water partition coefficient (Wildman–Crippen LogP) is 2.74. The number of nitrogens with one attached hydrogen (secondary N) is 2. The molecule has 0 saturated heterocycles. The van der Waals surface area contributed by atoms with Gasteiger partial charge in [-0.15, -0.1) is 0 Å². The van der Waals surface area contributed by atoms with Crippen molar-refractivity contribution in [3.63, 3.8) is 0 Å². The third-order valence-electron chi connectivity index (χ3n) is 4.03. The van der Waals surface area contributed by atoms with E-state index >= 15 is 0 Å². The zero-order valence-corrected chi connectivity index (χ0v) is 13.2. The van der Waals surface area contributed by atoms with Crippen LogP contribution in [0.2, 0.25) is 5.02 Å². The monoisotopic (exact) mass is 322 g/mol. The van der Waals surface area contributed by atoms with Crippen molar-refractivity contribution in [2.24, 2.45) is 5.41 Å². The Morgan fingerprint density at radius 3 is 2.59 bits per heavy atom. The minimum absolute atomic E-state index is 0.158. The number of anilines is 1. The third-order valence-corrected chi connectivity index (χ3v) is 4.34. The van der Waals surface area contributed by atoms with Crippen molar-refractivity contribution in [2.45, 2.75) is 38.6 Å². The summed E-state index contributed by atoms with van der Waals surface area (Å²) in [5, 5.41) is 6.08. The lowest BCUT2D eigenvalue weighted by atomic mass is 10.0.